The van der Waals surface area contributed by atoms with Gasteiger partial charge in [0.15, 0.2) is 11.5 Å². The normalized spacial score (nSPS) is 12.2. The molecule has 24 heavy (non-hydrogen) atoms. The number of carbonyl (C=O) groups excluding carboxylic acids is 1. The van der Waals surface area contributed by atoms with Crippen molar-refractivity contribution in [2.24, 2.45) is 0 Å². The predicted molar refractivity (Wildman–Crippen MR) is 90.8 cm³/mol. The second-order valence-electron chi connectivity index (χ2n) is 5.85. The zero-order valence-electron chi connectivity index (χ0n) is 13.9. The fourth-order valence-corrected chi connectivity index (χ4v) is 2.67. The number of hydrogen-bond acceptors (Lipinski definition) is 4. The van der Waals surface area contributed by atoms with E-state index in [1.54, 1.807) is 6.20 Å². The summed E-state index contributed by atoms with van der Waals surface area (Å²) in [5.74, 6) is 1.56. The third-order valence-corrected chi connectivity index (χ3v) is 4.01. The van der Waals surface area contributed by atoms with Crippen molar-refractivity contribution in [2.45, 2.75) is 32.7 Å². The second-order valence-corrected chi connectivity index (χ2v) is 5.85. The lowest BCUT2D eigenvalue weighted by molar-refractivity contribution is -0.131. The predicted octanol–water partition coefficient (Wildman–Crippen LogP) is 3.18. The van der Waals surface area contributed by atoms with Gasteiger partial charge in [-0.1, -0.05) is 25.5 Å². The van der Waals surface area contributed by atoms with E-state index in [2.05, 4.69) is 11.9 Å². The molecule has 1 aromatic heterocycles. The molecule has 1 aromatic carbocycles. The lowest BCUT2D eigenvalue weighted by Gasteiger charge is -2.22. The molecule has 0 bridgehead atoms. The Morgan fingerprint density at radius 3 is 2.88 bits per heavy atom. The van der Waals surface area contributed by atoms with Crippen LogP contribution in [0.4, 0.5) is 0 Å². The van der Waals surface area contributed by atoms with Crippen molar-refractivity contribution in [3.05, 3.63) is 53.9 Å². The molecule has 0 spiro atoms. The van der Waals surface area contributed by atoms with Crippen LogP contribution >= 0.6 is 0 Å². The number of fused-ring (bicyclic) bond motifs is 1. The van der Waals surface area contributed by atoms with Crippen LogP contribution in [0.25, 0.3) is 0 Å². The first-order valence-corrected chi connectivity index (χ1v) is 8.32. The molecular weight excluding hydrogens is 304 g/mol. The monoisotopic (exact) mass is 326 g/mol. The maximum absolute atomic E-state index is 12.7. The van der Waals surface area contributed by atoms with Crippen LogP contribution in [-0.2, 0) is 17.8 Å². The number of carbonyl (C=O) groups is 1. The Kier molecular flexibility index (Phi) is 5.31. The lowest BCUT2D eigenvalue weighted by Crippen LogP contribution is -2.33. The number of amides is 1. The van der Waals surface area contributed by atoms with Crippen LogP contribution in [0.1, 0.15) is 31.0 Å². The van der Waals surface area contributed by atoms with Crippen LogP contribution in [0.5, 0.6) is 11.5 Å². The lowest BCUT2D eigenvalue weighted by atomic mass is 10.1. The van der Waals surface area contributed by atoms with E-state index in [0.29, 0.717) is 18.7 Å². The highest BCUT2D eigenvalue weighted by Crippen LogP contribution is 2.32. The van der Waals surface area contributed by atoms with Gasteiger partial charge >= 0.3 is 0 Å². The van der Waals surface area contributed by atoms with Gasteiger partial charge in [0.05, 0.1) is 18.7 Å². The summed E-state index contributed by atoms with van der Waals surface area (Å²) in [5.41, 5.74) is 1.85. The molecule has 0 radical (unpaired) electrons. The fraction of sp³-hybridized carbons (Fsp3) is 0.368. The number of unbranched alkanes of at least 4 members (excludes halogenated alkanes) is 1. The van der Waals surface area contributed by atoms with Crippen LogP contribution < -0.4 is 9.47 Å². The Labute approximate surface area is 142 Å². The number of ether oxygens (including phenoxy) is 2. The molecule has 0 aliphatic carbocycles. The van der Waals surface area contributed by atoms with Crippen LogP contribution in [-0.4, -0.2) is 29.1 Å². The van der Waals surface area contributed by atoms with Crippen LogP contribution in [0, 0.1) is 0 Å². The minimum atomic E-state index is 0.105. The van der Waals surface area contributed by atoms with E-state index in [0.717, 1.165) is 36.4 Å². The number of benzene rings is 1. The molecule has 0 saturated carbocycles. The fourth-order valence-electron chi connectivity index (χ4n) is 2.67. The van der Waals surface area contributed by atoms with Gasteiger partial charge in [-0.05, 0) is 36.2 Å². The van der Waals surface area contributed by atoms with Gasteiger partial charge in [0.1, 0.15) is 0 Å². The maximum Gasteiger partial charge on any atom is 0.231 e. The SMILES string of the molecule is CCCCN(Cc1ccccn1)C(=O)Cc1ccc2c(c1)OCO2. The molecule has 126 valence electrons. The number of pyridine rings is 1. The zero-order chi connectivity index (χ0) is 16.8. The van der Waals surface area contributed by atoms with Crippen molar-refractivity contribution < 1.29 is 14.3 Å². The average molecular weight is 326 g/mol. The van der Waals surface area contributed by atoms with Crippen LogP contribution in [0.2, 0.25) is 0 Å². The molecular formula is C19H22N2O3. The van der Waals surface area contributed by atoms with E-state index in [4.69, 9.17) is 9.47 Å². The van der Waals surface area contributed by atoms with Crippen LogP contribution in [0.15, 0.2) is 42.6 Å². The van der Waals surface area contributed by atoms with E-state index < -0.39 is 0 Å². The standard InChI is InChI=1S/C19H22N2O3/c1-2-3-10-21(13-16-6-4-5-9-20-16)19(22)12-15-7-8-17-18(11-15)24-14-23-17/h4-9,11H,2-3,10,12-14H2,1H3. The van der Waals surface area contributed by atoms with Crippen molar-refractivity contribution in [2.75, 3.05) is 13.3 Å². The van der Waals surface area contributed by atoms with Gasteiger partial charge in [0.2, 0.25) is 12.7 Å². The summed E-state index contributed by atoms with van der Waals surface area (Å²) < 4.78 is 10.7. The van der Waals surface area contributed by atoms with Gasteiger partial charge in [-0.25, -0.2) is 0 Å². The van der Waals surface area contributed by atoms with Crippen molar-refractivity contribution in [1.29, 1.82) is 0 Å². The number of aromatic nitrogens is 1. The highest BCUT2D eigenvalue weighted by molar-refractivity contribution is 5.79. The first kappa shape index (κ1) is 16.3. The molecule has 3 rings (SSSR count). The summed E-state index contributed by atoms with van der Waals surface area (Å²) >= 11 is 0. The van der Waals surface area contributed by atoms with Crippen molar-refractivity contribution in [3.8, 4) is 11.5 Å². The third-order valence-electron chi connectivity index (χ3n) is 4.01. The van der Waals surface area contributed by atoms with Crippen molar-refractivity contribution >= 4 is 5.91 Å². The first-order valence-electron chi connectivity index (χ1n) is 8.32. The Bertz CT molecular complexity index is 688. The van der Waals surface area contributed by atoms with Crippen molar-refractivity contribution in [1.82, 2.24) is 9.88 Å². The summed E-state index contributed by atoms with van der Waals surface area (Å²) in [5, 5.41) is 0. The number of nitrogens with zero attached hydrogens (tertiary/aromatic N) is 2. The van der Waals surface area contributed by atoms with Gasteiger partial charge < -0.3 is 14.4 Å². The number of rotatable bonds is 7. The van der Waals surface area contributed by atoms with Gasteiger partial charge in [0, 0.05) is 12.7 Å². The molecule has 1 amide bonds. The largest absolute Gasteiger partial charge is 0.454 e. The van der Waals surface area contributed by atoms with E-state index in [1.807, 2.05) is 41.3 Å². The Balaban J connectivity index is 1.68. The van der Waals surface area contributed by atoms with E-state index in [9.17, 15) is 4.79 Å². The molecule has 5 heteroatoms. The topological polar surface area (TPSA) is 51.7 Å². The average Bonchev–Trinajstić information content (AvgIpc) is 3.07. The second kappa shape index (κ2) is 7.81. The minimum Gasteiger partial charge on any atom is -0.454 e. The quantitative estimate of drug-likeness (QED) is 0.784. The summed E-state index contributed by atoms with van der Waals surface area (Å²) in [6.45, 7) is 3.66. The van der Waals surface area contributed by atoms with E-state index >= 15 is 0 Å². The molecule has 1 aliphatic rings. The van der Waals surface area contributed by atoms with Gasteiger partial charge in [-0.15, -0.1) is 0 Å². The van der Waals surface area contributed by atoms with E-state index in [1.165, 1.54) is 0 Å². The summed E-state index contributed by atoms with van der Waals surface area (Å²) in [4.78, 5) is 19.0. The maximum atomic E-state index is 12.7. The highest BCUT2D eigenvalue weighted by Gasteiger charge is 2.18. The van der Waals surface area contributed by atoms with Crippen molar-refractivity contribution in [3.63, 3.8) is 0 Å². The molecule has 0 N–H and O–H groups in total. The third kappa shape index (κ3) is 4.04. The Hall–Kier alpha value is -2.56. The summed E-state index contributed by atoms with van der Waals surface area (Å²) in [6.07, 6.45) is 4.15. The van der Waals surface area contributed by atoms with Gasteiger partial charge in [0.25, 0.3) is 0 Å². The molecule has 0 unspecified atom stereocenters. The van der Waals surface area contributed by atoms with Gasteiger partial charge in [-0.2, -0.15) is 0 Å². The molecule has 0 saturated heterocycles. The molecule has 1 aliphatic heterocycles. The highest BCUT2D eigenvalue weighted by atomic mass is 16.7. The van der Waals surface area contributed by atoms with E-state index in [-0.39, 0.29) is 12.7 Å². The van der Waals surface area contributed by atoms with Crippen LogP contribution in [0.3, 0.4) is 0 Å². The Morgan fingerprint density at radius 1 is 1.21 bits per heavy atom. The molecule has 0 atom stereocenters. The minimum absolute atomic E-state index is 0.105. The smallest absolute Gasteiger partial charge is 0.231 e. The Morgan fingerprint density at radius 2 is 2.08 bits per heavy atom. The zero-order valence-corrected chi connectivity index (χ0v) is 13.9. The van der Waals surface area contributed by atoms with Gasteiger partial charge in [-0.3, -0.25) is 9.78 Å². The summed E-state index contributed by atoms with van der Waals surface area (Å²) in [6, 6.07) is 11.5. The molecule has 0 fully saturated rings. The number of hydrogen-bond donors (Lipinski definition) is 0. The molecule has 5 nitrogen and oxygen atoms in total. The molecule has 2 aromatic rings. The molecule has 2 heterocycles. The first-order chi connectivity index (χ1) is 11.8. The summed E-state index contributed by atoms with van der Waals surface area (Å²) in [7, 11) is 0.